The van der Waals surface area contributed by atoms with Crippen molar-refractivity contribution in [2.75, 3.05) is 4.90 Å². The Morgan fingerprint density at radius 1 is 1.21 bits per heavy atom. The van der Waals surface area contributed by atoms with E-state index < -0.39 is 11.6 Å². The van der Waals surface area contributed by atoms with Crippen molar-refractivity contribution >= 4 is 17.6 Å². The van der Waals surface area contributed by atoms with Gasteiger partial charge < -0.3 is 14.8 Å². The average Bonchev–Trinajstić information content (AvgIpc) is 3.14. The monoisotopic (exact) mass is 396 g/mol. The van der Waals surface area contributed by atoms with Crippen LogP contribution in [0.25, 0.3) is 0 Å². The molecule has 2 aliphatic heterocycles. The van der Waals surface area contributed by atoms with Crippen LogP contribution < -0.4 is 15.0 Å². The van der Waals surface area contributed by atoms with E-state index in [2.05, 4.69) is 36.1 Å². The number of ether oxygens (including phenoxy) is 2. The van der Waals surface area contributed by atoms with E-state index in [-0.39, 0.29) is 23.4 Å². The second kappa shape index (κ2) is 6.52. The molecule has 1 aromatic carbocycles. The SMILES string of the molecule is CC1(C)NC(=O)N(c2cnc(Oc3ccc4c(c3)[C@H](C(C)(C)C)OC4)nc2)C1=O. The molecule has 0 bridgehead atoms. The summed E-state index contributed by atoms with van der Waals surface area (Å²) in [6.07, 6.45) is 2.79. The zero-order valence-corrected chi connectivity index (χ0v) is 17.1. The van der Waals surface area contributed by atoms with E-state index in [9.17, 15) is 9.59 Å². The summed E-state index contributed by atoms with van der Waals surface area (Å²) in [4.78, 5) is 33.8. The third kappa shape index (κ3) is 3.44. The van der Waals surface area contributed by atoms with Gasteiger partial charge in [-0.1, -0.05) is 26.8 Å². The third-order valence-corrected chi connectivity index (χ3v) is 5.03. The molecule has 0 aliphatic carbocycles. The zero-order chi connectivity index (χ0) is 21.0. The maximum atomic E-state index is 12.4. The number of urea groups is 1. The second-order valence-corrected chi connectivity index (χ2v) is 8.94. The normalized spacial score (nSPS) is 20.6. The van der Waals surface area contributed by atoms with E-state index in [1.807, 2.05) is 18.2 Å². The molecule has 0 unspecified atom stereocenters. The highest BCUT2D eigenvalue weighted by Crippen LogP contribution is 2.44. The quantitative estimate of drug-likeness (QED) is 0.795. The van der Waals surface area contributed by atoms with Crippen LogP contribution in [0.3, 0.4) is 0 Å². The molecule has 1 fully saturated rings. The Hall–Kier alpha value is -3.00. The third-order valence-electron chi connectivity index (χ3n) is 5.03. The summed E-state index contributed by atoms with van der Waals surface area (Å²) < 4.78 is 11.7. The van der Waals surface area contributed by atoms with E-state index >= 15 is 0 Å². The molecule has 2 aliphatic rings. The molecule has 1 aromatic heterocycles. The fourth-order valence-corrected chi connectivity index (χ4v) is 3.56. The fraction of sp³-hybridized carbons (Fsp3) is 0.429. The largest absolute Gasteiger partial charge is 0.424 e. The van der Waals surface area contributed by atoms with Gasteiger partial charge in [0.25, 0.3) is 5.91 Å². The molecule has 0 spiro atoms. The van der Waals surface area contributed by atoms with Crippen LogP contribution in [-0.2, 0) is 16.1 Å². The lowest BCUT2D eigenvalue weighted by Gasteiger charge is -2.26. The van der Waals surface area contributed by atoms with Gasteiger partial charge in [0, 0.05) is 0 Å². The first kappa shape index (κ1) is 19.3. The number of carbonyl (C=O) groups is 2. The summed E-state index contributed by atoms with van der Waals surface area (Å²) in [6, 6.07) is 5.43. The van der Waals surface area contributed by atoms with Gasteiger partial charge in [-0.05, 0) is 42.5 Å². The predicted molar refractivity (Wildman–Crippen MR) is 106 cm³/mol. The van der Waals surface area contributed by atoms with Crippen LogP contribution in [0.4, 0.5) is 10.5 Å². The summed E-state index contributed by atoms with van der Waals surface area (Å²) in [5, 5.41) is 2.62. The molecule has 0 saturated carbocycles. The molecular formula is C21H24N4O4. The van der Waals surface area contributed by atoms with Gasteiger partial charge in [0.05, 0.1) is 30.8 Å². The van der Waals surface area contributed by atoms with Crippen LogP contribution in [0.1, 0.15) is 51.8 Å². The van der Waals surface area contributed by atoms with Crippen LogP contribution in [0.5, 0.6) is 11.8 Å². The van der Waals surface area contributed by atoms with Crippen molar-refractivity contribution in [2.45, 2.75) is 52.9 Å². The van der Waals surface area contributed by atoms with Gasteiger partial charge in [-0.25, -0.2) is 19.7 Å². The molecule has 152 valence electrons. The van der Waals surface area contributed by atoms with Crippen LogP contribution in [0.2, 0.25) is 0 Å². The molecule has 1 N–H and O–H groups in total. The van der Waals surface area contributed by atoms with Crippen molar-refractivity contribution in [2.24, 2.45) is 5.41 Å². The lowest BCUT2D eigenvalue weighted by atomic mass is 9.84. The van der Waals surface area contributed by atoms with Crippen LogP contribution in [0, 0.1) is 5.41 Å². The number of hydrogen-bond acceptors (Lipinski definition) is 6. The Kier molecular flexibility index (Phi) is 4.34. The minimum Gasteiger partial charge on any atom is -0.424 e. The van der Waals surface area contributed by atoms with Crippen molar-refractivity contribution in [3.8, 4) is 11.8 Å². The van der Waals surface area contributed by atoms with Crippen molar-refractivity contribution in [3.05, 3.63) is 41.7 Å². The molecule has 29 heavy (non-hydrogen) atoms. The minimum atomic E-state index is -0.956. The molecule has 1 saturated heterocycles. The van der Waals surface area contributed by atoms with Crippen molar-refractivity contribution in [1.82, 2.24) is 15.3 Å². The summed E-state index contributed by atoms with van der Waals surface area (Å²) in [7, 11) is 0. The first-order valence-electron chi connectivity index (χ1n) is 9.47. The molecule has 3 heterocycles. The number of aromatic nitrogens is 2. The maximum absolute atomic E-state index is 12.4. The Labute approximate surface area is 169 Å². The molecule has 8 nitrogen and oxygen atoms in total. The molecule has 3 amide bonds. The Bertz CT molecular complexity index is 979. The van der Waals surface area contributed by atoms with E-state index in [4.69, 9.17) is 9.47 Å². The fourth-order valence-electron chi connectivity index (χ4n) is 3.56. The van der Waals surface area contributed by atoms with Gasteiger partial charge in [-0.15, -0.1) is 0 Å². The number of amides is 3. The van der Waals surface area contributed by atoms with Gasteiger partial charge in [0.2, 0.25) is 0 Å². The summed E-state index contributed by atoms with van der Waals surface area (Å²) >= 11 is 0. The number of nitrogens with one attached hydrogen (secondary N) is 1. The highest BCUT2D eigenvalue weighted by Gasteiger charge is 2.45. The first-order chi connectivity index (χ1) is 13.6. The van der Waals surface area contributed by atoms with Gasteiger partial charge >= 0.3 is 12.0 Å². The Morgan fingerprint density at radius 2 is 1.90 bits per heavy atom. The molecule has 0 radical (unpaired) electrons. The molecule has 2 aromatic rings. The maximum Gasteiger partial charge on any atom is 0.329 e. The average molecular weight is 396 g/mol. The Balaban J connectivity index is 1.53. The molecule has 1 atom stereocenters. The second-order valence-electron chi connectivity index (χ2n) is 8.94. The summed E-state index contributed by atoms with van der Waals surface area (Å²) in [5.74, 6) is 0.249. The van der Waals surface area contributed by atoms with E-state index in [1.165, 1.54) is 12.4 Å². The topological polar surface area (TPSA) is 93.7 Å². The standard InChI is InChI=1S/C21H24N4O4/c1-20(2,3)16-15-8-14(7-6-12(15)11-28-16)29-18-22-9-13(10-23-18)25-17(26)21(4,5)24-19(25)27/h6-10,16H,11H2,1-5H3,(H,24,27)/t16-/m1/s1. The number of fused-ring (bicyclic) bond motifs is 1. The number of benzene rings is 1. The van der Waals surface area contributed by atoms with Gasteiger partial charge in [-0.2, -0.15) is 0 Å². The van der Waals surface area contributed by atoms with Crippen LogP contribution >= 0.6 is 0 Å². The molecular weight excluding hydrogens is 372 g/mol. The number of nitrogens with zero attached hydrogens (tertiary/aromatic N) is 3. The first-order valence-corrected chi connectivity index (χ1v) is 9.47. The van der Waals surface area contributed by atoms with Gasteiger partial charge in [-0.3, -0.25) is 4.79 Å². The van der Waals surface area contributed by atoms with Crippen molar-refractivity contribution in [3.63, 3.8) is 0 Å². The highest BCUT2D eigenvalue weighted by molar-refractivity contribution is 6.22. The number of anilines is 1. The van der Waals surface area contributed by atoms with Gasteiger partial charge in [0.1, 0.15) is 11.3 Å². The minimum absolute atomic E-state index is 0.00705. The molecule has 4 rings (SSSR count). The smallest absolute Gasteiger partial charge is 0.329 e. The number of rotatable bonds is 3. The van der Waals surface area contributed by atoms with E-state index in [0.29, 0.717) is 18.0 Å². The zero-order valence-electron chi connectivity index (χ0n) is 17.1. The molecule has 8 heteroatoms. The highest BCUT2D eigenvalue weighted by atomic mass is 16.5. The van der Waals surface area contributed by atoms with E-state index in [1.54, 1.807) is 13.8 Å². The summed E-state index contributed by atoms with van der Waals surface area (Å²) in [5.41, 5.74) is 1.56. The number of imide groups is 1. The number of hydrogen-bond donors (Lipinski definition) is 1. The van der Waals surface area contributed by atoms with Crippen molar-refractivity contribution < 1.29 is 19.1 Å². The van der Waals surface area contributed by atoms with Gasteiger partial charge in [0.15, 0.2) is 0 Å². The summed E-state index contributed by atoms with van der Waals surface area (Å²) in [6.45, 7) is 10.3. The van der Waals surface area contributed by atoms with Crippen LogP contribution in [-0.4, -0.2) is 27.4 Å². The van der Waals surface area contributed by atoms with Crippen LogP contribution in [0.15, 0.2) is 30.6 Å². The number of carbonyl (C=O) groups excluding carboxylic acids is 2. The Morgan fingerprint density at radius 3 is 2.48 bits per heavy atom. The predicted octanol–water partition coefficient (Wildman–Crippen LogP) is 3.72. The van der Waals surface area contributed by atoms with Crippen molar-refractivity contribution in [1.29, 1.82) is 0 Å². The lowest BCUT2D eigenvalue weighted by molar-refractivity contribution is -0.121. The van der Waals surface area contributed by atoms with E-state index in [0.717, 1.165) is 16.0 Å². The lowest BCUT2D eigenvalue weighted by Crippen LogP contribution is -2.40.